The molecule has 0 spiro atoms. The van der Waals surface area contributed by atoms with Crippen LogP contribution in [0.3, 0.4) is 0 Å². The van der Waals surface area contributed by atoms with Gasteiger partial charge in [-0.25, -0.2) is 0 Å². The van der Waals surface area contributed by atoms with Gasteiger partial charge in [0.25, 0.3) is 0 Å². The van der Waals surface area contributed by atoms with Crippen molar-refractivity contribution in [3.63, 3.8) is 0 Å². The van der Waals surface area contributed by atoms with E-state index in [1.165, 1.54) is 12.8 Å². The molecule has 0 bridgehead atoms. The van der Waals surface area contributed by atoms with Gasteiger partial charge in [0.2, 0.25) is 5.91 Å². The van der Waals surface area contributed by atoms with Crippen molar-refractivity contribution in [3.8, 4) is 11.5 Å². The van der Waals surface area contributed by atoms with Crippen molar-refractivity contribution in [1.29, 1.82) is 0 Å². The second-order valence-electron chi connectivity index (χ2n) is 5.28. The van der Waals surface area contributed by atoms with Gasteiger partial charge >= 0.3 is 0 Å². The molecule has 1 aromatic carbocycles. The standard InChI is InChI=1S/C15H20N2O3/c18-15(7-8-16-11-5-6-11)17-9-12-10-19-13-3-1-2-4-14(13)20-12/h1-4,11-12,16H,5-10H2,(H,17,18). The van der Waals surface area contributed by atoms with Crippen molar-refractivity contribution >= 4 is 5.91 Å². The molecule has 1 unspecified atom stereocenters. The second-order valence-corrected chi connectivity index (χ2v) is 5.28. The van der Waals surface area contributed by atoms with Crippen LogP contribution in [-0.4, -0.2) is 37.7 Å². The Bertz CT molecular complexity index is 474. The van der Waals surface area contributed by atoms with Crippen molar-refractivity contribution < 1.29 is 14.3 Å². The number of ether oxygens (including phenoxy) is 2. The highest BCUT2D eigenvalue weighted by atomic mass is 16.6. The number of nitrogens with one attached hydrogen (secondary N) is 2. The topological polar surface area (TPSA) is 59.6 Å². The van der Waals surface area contributed by atoms with Gasteiger partial charge in [-0.1, -0.05) is 12.1 Å². The Hall–Kier alpha value is -1.75. The highest BCUT2D eigenvalue weighted by molar-refractivity contribution is 5.76. The number of para-hydroxylation sites is 2. The van der Waals surface area contributed by atoms with Crippen LogP contribution < -0.4 is 20.1 Å². The summed E-state index contributed by atoms with van der Waals surface area (Å²) in [5.74, 6) is 1.57. The quantitative estimate of drug-likeness (QED) is 0.816. The Morgan fingerprint density at radius 3 is 2.85 bits per heavy atom. The Morgan fingerprint density at radius 1 is 1.25 bits per heavy atom. The van der Waals surface area contributed by atoms with Gasteiger partial charge in [-0.05, 0) is 25.0 Å². The molecule has 1 fully saturated rings. The summed E-state index contributed by atoms with van der Waals surface area (Å²) in [7, 11) is 0. The van der Waals surface area contributed by atoms with E-state index in [0.29, 0.717) is 25.6 Å². The summed E-state index contributed by atoms with van der Waals surface area (Å²) in [5, 5.41) is 6.22. The molecular formula is C15H20N2O3. The molecule has 3 rings (SSSR count). The van der Waals surface area contributed by atoms with Crippen LogP contribution in [0, 0.1) is 0 Å². The summed E-state index contributed by atoms with van der Waals surface area (Å²) >= 11 is 0. The Morgan fingerprint density at radius 2 is 2.05 bits per heavy atom. The lowest BCUT2D eigenvalue weighted by Gasteiger charge is -2.26. The Balaban J connectivity index is 1.37. The van der Waals surface area contributed by atoms with Crippen molar-refractivity contribution in [3.05, 3.63) is 24.3 Å². The summed E-state index contributed by atoms with van der Waals surface area (Å²) < 4.78 is 11.4. The second kappa shape index (κ2) is 6.13. The van der Waals surface area contributed by atoms with Crippen molar-refractivity contribution in [1.82, 2.24) is 10.6 Å². The molecule has 0 saturated heterocycles. The maximum Gasteiger partial charge on any atom is 0.221 e. The maximum absolute atomic E-state index is 11.7. The summed E-state index contributed by atoms with van der Waals surface area (Å²) in [6, 6.07) is 8.23. The van der Waals surface area contributed by atoms with Crippen LogP contribution in [-0.2, 0) is 4.79 Å². The first-order valence-corrected chi connectivity index (χ1v) is 7.20. The number of hydrogen-bond donors (Lipinski definition) is 2. The fourth-order valence-electron chi connectivity index (χ4n) is 2.16. The SMILES string of the molecule is O=C(CCNC1CC1)NCC1COc2ccccc2O1. The zero-order chi connectivity index (χ0) is 13.8. The summed E-state index contributed by atoms with van der Waals surface area (Å²) in [5.41, 5.74) is 0. The zero-order valence-electron chi connectivity index (χ0n) is 11.4. The first-order valence-electron chi connectivity index (χ1n) is 7.20. The molecule has 108 valence electrons. The monoisotopic (exact) mass is 276 g/mol. The van der Waals surface area contributed by atoms with Crippen LogP contribution in [0.1, 0.15) is 19.3 Å². The fraction of sp³-hybridized carbons (Fsp3) is 0.533. The lowest BCUT2D eigenvalue weighted by Crippen LogP contribution is -2.41. The molecule has 5 heteroatoms. The van der Waals surface area contributed by atoms with Crippen LogP contribution in [0.5, 0.6) is 11.5 Å². The molecule has 1 amide bonds. The van der Waals surface area contributed by atoms with E-state index < -0.39 is 0 Å². The van der Waals surface area contributed by atoms with Crippen LogP contribution in [0.2, 0.25) is 0 Å². The van der Waals surface area contributed by atoms with Gasteiger partial charge < -0.3 is 20.1 Å². The molecule has 0 radical (unpaired) electrons. The van der Waals surface area contributed by atoms with E-state index in [2.05, 4.69) is 10.6 Å². The first-order chi connectivity index (χ1) is 9.81. The summed E-state index contributed by atoms with van der Waals surface area (Å²) in [6.07, 6.45) is 2.88. The first kappa shape index (κ1) is 13.2. The van der Waals surface area contributed by atoms with E-state index in [0.717, 1.165) is 18.0 Å². The smallest absolute Gasteiger partial charge is 0.221 e. The number of rotatable bonds is 6. The molecular weight excluding hydrogens is 256 g/mol. The molecule has 1 saturated carbocycles. The minimum Gasteiger partial charge on any atom is -0.486 e. The minimum atomic E-state index is -0.120. The third-order valence-corrected chi connectivity index (χ3v) is 3.46. The normalized spacial score (nSPS) is 20.5. The van der Waals surface area contributed by atoms with Crippen molar-refractivity contribution in [2.75, 3.05) is 19.7 Å². The number of carbonyl (C=O) groups is 1. The van der Waals surface area contributed by atoms with Gasteiger partial charge in [0.05, 0.1) is 6.54 Å². The van der Waals surface area contributed by atoms with Crippen LogP contribution in [0.4, 0.5) is 0 Å². The predicted molar refractivity (Wildman–Crippen MR) is 75.0 cm³/mol. The van der Waals surface area contributed by atoms with Crippen LogP contribution in [0.15, 0.2) is 24.3 Å². The minimum absolute atomic E-state index is 0.0561. The van der Waals surface area contributed by atoms with Gasteiger partial charge in [0.1, 0.15) is 12.7 Å². The van der Waals surface area contributed by atoms with E-state index in [9.17, 15) is 4.79 Å². The van der Waals surface area contributed by atoms with Crippen molar-refractivity contribution in [2.45, 2.75) is 31.4 Å². The summed E-state index contributed by atoms with van der Waals surface area (Å²) in [4.78, 5) is 11.7. The molecule has 20 heavy (non-hydrogen) atoms. The average Bonchev–Trinajstić information content (AvgIpc) is 3.29. The highest BCUT2D eigenvalue weighted by Gasteiger charge is 2.22. The van der Waals surface area contributed by atoms with E-state index in [-0.39, 0.29) is 12.0 Å². The van der Waals surface area contributed by atoms with Crippen molar-refractivity contribution in [2.24, 2.45) is 0 Å². The predicted octanol–water partition coefficient (Wildman–Crippen LogP) is 1.08. The van der Waals surface area contributed by atoms with E-state index in [1.54, 1.807) is 0 Å². The molecule has 2 N–H and O–H groups in total. The Labute approximate surface area is 118 Å². The number of amides is 1. The van der Waals surface area contributed by atoms with Crippen LogP contribution in [0.25, 0.3) is 0 Å². The van der Waals surface area contributed by atoms with Gasteiger partial charge in [-0.2, -0.15) is 0 Å². The molecule has 1 aromatic rings. The van der Waals surface area contributed by atoms with Gasteiger partial charge in [0, 0.05) is 19.0 Å². The van der Waals surface area contributed by atoms with E-state index >= 15 is 0 Å². The third-order valence-electron chi connectivity index (χ3n) is 3.46. The highest BCUT2D eigenvalue weighted by Crippen LogP contribution is 2.30. The molecule has 0 aromatic heterocycles. The van der Waals surface area contributed by atoms with Gasteiger partial charge in [-0.15, -0.1) is 0 Å². The van der Waals surface area contributed by atoms with Crippen LogP contribution >= 0.6 is 0 Å². The fourth-order valence-corrected chi connectivity index (χ4v) is 2.16. The average molecular weight is 276 g/mol. The third kappa shape index (κ3) is 3.63. The van der Waals surface area contributed by atoms with E-state index in [1.807, 2.05) is 24.3 Å². The molecule has 1 aliphatic heterocycles. The lowest BCUT2D eigenvalue weighted by atomic mass is 10.2. The number of carbonyl (C=O) groups excluding carboxylic acids is 1. The molecule has 5 nitrogen and oxygen atoms in total. The number of benzene rings is 1. The maximum atomic E-state index is 11.7. The van der Waals surface area contributed by atoms with E-state index in [4.69, 9.17) is 9.47 Å². The molecule has 2 aliphatic rings. The lowest BCUT2D eigenvalue weighted by molar-refractivity contribution is -0.121. The largest absolute Gasteiger partial charge is 0.486 e. The number of hydrogen-bond acceptors (Lipinski definition) is 4. The summed E-state index contributed by atoms with van der Waals surface area (Å²) in [6.45, 7) is 1.70. The number of fused-ring (bicyclic) bond motifs is 1. The molecule has 1 heterocycles. The molecule has 1 atom stereocenters. The van der Waals surface area contributed by atoms with Gasteiger partial charge in [0.15, 0.2) is 11.5 Å². The van der Waals surface area contributed by atoms with Gasteiger partial charge in [-0.3, -0.25) is 4.79 Å². The zero-order valence-corrected chi connectivity index (χ0v) is 11.4. The molecule has 1 aliphatic carbocycles. The Kier molecular flexibility index (Phi) is 4.06.